The van der Waals surface area contributed by atoms with Crippen LogP contribution in [0, 0.1) is 17.8 Å². The van der Waals surface area contributed by atoms with Crippen molar-refractivity contribution in [3.8, 4) is 0 Å². The van der Waals surface area contributed by atoms with Crippen LogP contribution in [-0.4, -0.2) is 43.8 Å². The van der Waals surface area contributed by atoms with E-state index < -0.39 is 35.5 Å². The maximum Gasteiger partial charge on any atom is 0.450 e. The number of hydrogen-bond acceptors (Lipinski definition) is 3. The Kier molecular flexibility index (Phi) is 3.24. The molecule has 2 bridgehead atoms. The van der Waals surface area contributed by atoms with Crippen molar-refractivity contribution in [2.24, 2.45) is 17.8 Å². The number of fused-ring (bicyclic) bond motifs is 5. The van der Waals surface area contributed by atoms with Crippen LogP contribution in [0.4, 0.5) is 22.0 Å². The van der Waals surface area contributed by atoms with Gasteiger partial charge in [0.1, 0.15) is 5.60 Å². The lowest BCUT2D eigenvalue weighted by molar-refractivity contribution is -0.498. The molecule has 1 saturated carbocycles. The van der Waals surface area contributed by atoms with E-state index in [-0.39, 0.29) is 11.8 Å². The number of ether oxygens (including phenoxy) is 3. The minimum absolute atomic E-state index is 0.283. The van der Waals surface area contributed by atoms with E-state index in [9.17, 15) is 22.0 Å². The van der Waals surface area contributed by atoms with Crippen molar-refractivity contribution in [3.63, 3.8) is 0 Å². The number of allylic oxidation sites excluding steroid dienone is 1. The van der Waals surface area contributed by atoms with E-state index in [0.29, 0.717) is 13.5 Å². The number of methoxy groups -OCH3 is 2. The van der Waals surface area contributed by atoms with E-state index in [1.165, 1.54) is 0 Å². The van der Waals surface area contributed by atoms with Crippen LogP contribution >= 0.6 is 0 Å². The summed E-state index contributed by atoms with van der Waals surface area (Å²) in [6.07, 6.45) is -2.44. The molecule has 3 aliphatic rings. The summed E-state index contributed by atoms with van der Waals surface area (Å²) in [6, 6.07) is 0. The van der Waals surface area contributed by atoms with Crippen molar-refractivity contribution in [3.05, 3.63) is 12.2 Å². The van der Waals surface area contributed by atoms with Gasteiger partial charge in [-0.3, -0.25) is 0 Å². The molecule has 3 rings (SSSR count). The molecule has 1 aliphatic heterocycles. The molecule has 8 heteroatoms. The molecule has 0 N–H and O–H groups in total. The van der Waals surface area contributed by atoms with Gasteiger partial charge in [-0.25, -0.2) is 0 Å². The fourth-order valence-corrected chi connectivity index (χ4v) is 4.26. The van der Waals surface area contributed by atoms with Gasteiger partial charge in [-0.05, 0) is 19.3 Å². The van der Waals surface area contributed by atoms with Crippen LogP contribution in [0.2, 0.25) is 0 Å². The van der Waals surface area contributed by atoms with E-state index in [1.54, 1.807) is 12.2 Å². The highest BCUT2D eigenvalue weighted by atomic mass is 19.4. The normalized spacial score (nSPS) is 49.5. The number of alkyl halides is 5. The largest absolute Gasteiger partial charge is 0.450 e. The van der Waals surface area contributed by atoms with Crippen molar-refractivity contribution in [2.45, 2.75) is 42.9 Å². The number of halogens is 5. The van der Waals surface area contributed by atoms with Crippen molar-refractivity contribution in [1.29, 1.82) is 0 Å². The van der Waals surface area contributed by atoms with Crippen molar-refractivity contribution < 1.29 is 36.2 Å². The first-order valence-corrected chi connectivity index (χ1v) is 6.96. The minimum Gasteiger partial charge on any atom is -0.372 e. The highest BCUT2D eigenvalue weighted by Crippen LogP contribution is 2.64. The molecule has 0 aromatic heterocycles. The van der Waals surface area contributed by atoms with Gasteiger partial charge in [0.25, 0.3) is 0 Å². The lowest BCUT2D eigenvalue weighted by atomic mass is 9.69. The standard InChI is InChI=1S/C14H17F5O3/c1-11(20-2)9-7-4-5-8(6-7)10(9)22-13(21-3,12(11,15)16)14(17,18)19/h4-5,7-10H,6H2,1-3H3. The zero-order valence-corrected chi connectivity index (χ0v) is 12.3. The third-order valence-electron chi connectivity index (χ3n) is 5.45. The van der Waals surface area contributed by atoms with Crippen LogP contribution in [0.25, 0.3) is 0 Å². The van der Waals surface area contributed by atoms with Crippen molar-refractivity contribution in [1.82, 2.24) is 0 Å². The summed E-state index contributed by atoms with van der Waals surface area (Å²) in [5.41, 5.74) is -2.34. The molecule has 1 heterocycles. The molecule has 3 nitrogen and oxygen atoms in total. The molecule has 6 unspecified atom stereocenters. The highest BCUT2D eigenvalue weighted by molar-refractivity contribution is 5.25. The SMILES string of the molecule is COC1(C)C2C3C=CC(C3)C2OC(OC)(C(F)(F)F)C1(F)F. The molecule has 22 heavy (non-hydrogen) atoms. The molecule has 0 amide bonds. The second-order valence-corrected chi connectivity index (χ2v) is 6.26. The predicted octanol–water partition coefficient (Wildman–Crippen LogP) is 3.15. The van der Waals surface area contributed by atoms with Gasteiger partial charge in [-0.1, -0.05) is 12.2 Å². The Labute approximate surface area is 124 Å². The van der Waals surface area contributed by atoms with Crippen LogP contribution in [0.5, 0.6) is 0 Å². The van der Waals surface area contributed by atoms with Crippen LogP contribution in [0.3, 0.4) is 0 Å². The van der Waals surface area contributed by atoms with E-state index in [1.807, 2.05) is 0 Å². The number of rotatable bonds is 2. The Hall–Kier alpha value is -0.730. The zero-order valence-electron chi connectivity index (χ0n) is 12.3. The predicted molar refractivity (Wildman–Crippen MR) is 65.3 cm³/mol. The minimum atomic E-state index is -5.40. The smallest absolute Gasteiger partial charge is 0.372 e. The first-order valence-electron chi connectivity index (χ1n) is 6.96. The van der Waals surface area contributed by atoms with Gasteiger partial charge < -0.3 is 14.2 Å². The Morgan fingerprint density at radius 3 is 2.18 bits per heavy atom. The lowest BCUT2D eigenvalue weighted by Crippen LogP contribution is -2.78. The third-order valence-corrected chi connectivity index (χ3v) is 5.45. The lowest BCUT2D eigenvalue weighted by Gasteiger charge is -2.57. The monoisotopic (exact) mass is 328 g/mol. The first-order chi connectivity index (χ1) is 10.1. The highest BCUT2D eigenvalue weighted by Gasteiger charge is 2.85. The topological polar surface area (TPSA) is 27.7 Å². The second-order valence-electron chi connectivity index (χ2n) is 6.26. The van der Waals surface area contributed by atoms with Gasteiger partial charge in [-0.2, -0.15) is 22.0 Å². The maximum atomic E-state index is 14.9. The maximum absolute atomic E-state index is 14.9. The van der Waals surface area contributed by atoms with Crippen molar-refractivity contribution >= 4 is 0 Å². The summed E-state index contributed by atoms with van der Waals surface area (Å²) in [5, 5.41) is 0. The quantitative estimate of drug-likeness (QED) is 0.576. The molecule has 0 aromatic rings. The van der Waals surface area contributed by atoms with E-state index >= 15 is 0 Å². The molecule has 0 radical (unpaired) electrons. The van der Waals surface area contributed by atoms with E-state index in [4.69, 9.17) is 9.47 Å². The second kappa shape index (κ2) is 4.42. The van der Waals surface area contributed by atoms with E-state index in [2.05, 4.69) is 4.74 Å². The van der Waals surface area contributed by atoms with E-state index in [0.717, 1.165) is 14.0 Å². The summed E-state index contributed by atoms with van der Waals surface area (Å²) in [7, 11) is 1.59. The molecule has 6 atom stereocenters. The Balaban J connectivity index is 2.18. The van der Waals surface area contributed by atoms with Gasteiger partial charge in [0.15, 0.2) is 0 Å². The molecule has 2 fully saturated rings. The van der Waals surface area contributed by atoms with Gasteiger partial charge in [0.2, 0.25) is 0 Å². The average molecular weight is 328 g/mol. The molecule has 2 aliphatic carbocycles. The first kappa shape index (κ1) is 16.1. The third kappa shape index (κ3) is 1.56. The molecular formula is C14H17F5O3. The zero-order chi connectivity index (χ0) is 16.6. The van der Waals surface area contributed by atoms with Gasteiger partial charge in [0.05, 0.1) is 6.10 Å². The van der Waals surface area contributed by atoms with Gasteiger partial charge in [-0.15, -0.1) is 0 Å². The summed E-state index contributed by atoms with van der Waals surface area (Å²) < 4.78 is 84.4. The summed E-state index contributed by atoms with van der Waals surface area (Å²) >= 11 is 0. The summed E-state index contributed by atoms with van der Waals surface area (Å²) in [6.45, 7) is 1.02. The van der Waals surface area contributed by atoms with Gasteiger partial charge >= 0.3 is 17.9 Å². The molecule has 1 saturated heterocycles. The Morgan fingerprint density at radius 1 is 1.09 bits per heavy atom. The van der Waals surface area contributed by atoms with Gasteiger partial charge in [0, 0.05) is 26.1 Å². The average Bonchev–Trinajstić information content (AvgIpc) is 3.02. The fourth-order valence-electron chi connectivity index (χ4n) is 4.26. The molecule has 0 spiro atoms. The molecule has 126 valence electrons. The molecular weight excluding hydrogens is 311 g/mol. The fraction of sp³-hybridized carbons (Fsp3) is 0.857. The summed E-state index contributed by atoms with van der Waals surface area (Å²) in [4.78, 5) is 0. The summed E-state index contributed by atoms with van der Waals surface area (Å²) in [5.74, 6) is -9.88. The van der Waals surface area contributed by atoms with Crippen LogP contribution in [-0.2, 0) is 14.2 Å². The van der Waals surface area contributed by atoms with Crippen molar-refractivity contribution in [2.75, 3.05) is 14.2 Å². The Morgan fingerprint density at radius 2 is 1.68 bits per heavy atom. The Bertz CT molecular complexity index is 505. The number of hydrogen-bond donors (Lipinski definition) is 0. The van der Waals surface area contributed by atoms with Crippen LogP contribution in [0.1, 0.15) is 13.3 Å². The van der Waals surface area contributed by atoms with Crippen LogP contribution < -0.4 is 0 Å². The molecule has 0 aromatic carbocycles. The van der Waals surface area contributed by atoms with Crippen LogP contribution in [0.15, 0.2) is 12.2 Å².